The summed E-state index contributed by atoms with van der Waals surface area (Å²) in [6, 6.07) is 0.661. The largest absolute Gasteiger partial charge is 0.329 e. The third kappa shape index (κ3) is 2.92. The molecule has 1 aromatic rings. The van der Waals surface area contributed by atoms with E-state index in [2.05, 4.69) is 17.2 Å². The highest BCUT2D eigenvalue weighted by molar-refractivity contribution is 7.15. The number of nitrogens with two attached hydrogens (primary N) is 1. The third-order valence-corrected chi connectivity index (χ3v) is 3.68. The van der Waals surface area contributed by atoms with Gasteiger partial charge in [-0.25, -0.2) is 4.98 Å². The Morgan fingerprint density at radius 3 is 3.13 bits per heavy atom. The maximum Gasteiger partial charge on any atom is 0.329 e. The fourth-order valence-electron chi connectivity index (χ4n) is 1.97. The Labute approximate surface area is 96.1 Å². The fraction of sp³-hybridized carbons (Fsp3) is 0.727. The number of thiazole rings is 1. The lowest BCUT2D eigenvalue weighted by Gasteiger charge is -2.21. The first kappa shape index (κ1) is 12.5. The molecule has 0 aliphatic heterocycles. The number of anilines is 1. The van der Waals surface area contributed by atoms with E-state index in [-0.39, 0.29) is 7.43 Å². The van der Waals surface area contributed by atoms with Gasteiger partial charge in [0.15, 0.2) is 0 Å². The molecule has 4 heteroatoms. The second-order valence-electron chi connectivity index (χ2n) is 3.89. The van der Waals surface area contributed by atoms with Gasteiger partial charge in [-0.1, -0.05) is 25.7 Å². The van der Waals surface area contributed by atoms with Gasteiger partial charge in [0.2, 0.25) is 0 Å². The second-order valence-corrected chi connectivity index (χ2v) is 5.02. The van der Waals surface area contributed by atoms with Crippen LogP contribution in [0.3, 0.4) is 0 Å². The minimum absolute atomic E-state index is 0. The lowest BCUT2D eigenvalue weighted by molar-refractivity contribution is -0.368. The smallest absolute Gasteiger partial charge is 0.314 e. The molecular formula is C11H22N3S+. The summed E-state index contributed by atoms with van der Waals surface area (Å²) in [5.74, 6) is 0. The molecule has 1 aliphatic rings. The molecule has 0 amide bonds. The first-order valence-electron chi connectivity index (χ1n) is 5.32. The summed E-state index contributed by atoms with van der Waals surface area (Å²) < 4.78 is 0. The van der Waals surface area contributed by atoms with Gasteiger partial charge in [0, 0.05) is 18.9 Å². The van der Waals surface area contributed by atoms with Gasteiger partial charge in [-0.2, -0.15) is 0 Å². The highest BCUT2D eigenvalue weighted by Gasteiger charge is 2.23. The second kappa shape index (κ2) is 5.47. The number of H-pyrrole nitrogens is 1. The van der Waals surface area contributed by atoms with E-state index < -0.39 is 0 Å². The highest BCUT2D eigenvalue weighted by atomic mass is 32.1. The van der Waals surface area contributed by atoms with Crippen LogP contribution in [0.1, 0.15) is 37.8 Å². The number of nitrogens with one attached hydrogen (secondary N) is 2. The SMILES string of the molecule is C.CCCNC1CCc2[nH+]c(N)sc2C1. The first-order valence-corrected chi connectivity index (χ1v) is 6.14. The zero-order valence-corrected chi connectivity index (χ0v) is 9.41. The lowest BCUT2D eigenvalue weighted by atomic mass is 9.98. The molecule has 1 heterocycles. The Bertz CT molecular complexity index is 309. The number of fused-ring (bicyclic) bond motifs is 1. The van der Waals surface area contributed by atoms with E-state index in [9.17, 15) is 0 Å². The van der Waals surface area contributed by atoms with Crippen LogP contribution in [0.25, 0.3) is 0 Å². The van der Waals surface area contributed by atoms with Crippen molar-refractivity contribution in [3.8, 4) is 0 Å². The Morgan fingerprint density at radius 1 is 1.60 bits per heavy atom. The number of aromatic nitrogens is 1. The number of aryl methyl sites for hydroxylation is 1. The summed E-state index contributed by atoms with van der Waals surface area (Å²) in [7, 11) is 0. The average molecular weight is 228 g/mol. The molecule has 0 fully saturated rings. The standard InChI is InChI=1S/C10H17N3S.CH4/c1-2-5-12-7-3-4-8-9(6-7)14-10(11)13-8;/h7,12H,2-6H2,1H3,(H2,11,13);1H4/p+1. The number of rotatable bonds is 3. The van der Waals surface area contributed by atoms with Gasteiger partial charge in [0.05, 0.1) is 4.88 Å². The molecule has 0 saturated heterocycles. The number of hydrogen-bond donors (Lipinski definition) is 2. The van der Waals surface area contributed by atoms with E-state index in [1.165, 1.54) is 23.4 Å². The zero-order chi connectivity index (χ0) is 9.97. The predicted octanol–water partition coefficient (Wildman–Crippen LogP) is 1.64. The van der Waals surface area contributed by atoms with Gasteiger partial charge in [0.1, 0.15) is 5.69 Å². The third-order valence-electron chi connectivity index (χ3n) is 2.70. The van der Waals surface area contributed by atoms with Crippen LogP contribution >= 0.6 is 11.3 Å². The molecule has 1 unspecified atom stereocenters. The summed E-state index contributed by atoms with van der Waals surface area (Å²) in [5.41, 5.74) is 7.11. The van der Waals surface area contributed by atoms with E-state index >= 15 is 0 Å². The van der Waals surface area contributed by atoms with Gasteiger partial charge in [0.25, 0.3) is 0 Å². The summed E-state index contributed by atoms with van der Waals surface area (Å²) >= 11 is 1.71. The Kier molecular flexibility index (Phi) is 4.54. The maximum atomic E-state index is 5.75. The molecule has 1 atom stereocenters. The molecule has 4 N–H and O–H groups in total. The molecule has 0 radical (unpaired) electrons. The van der Waals surface area contributed by atoms with E-state index in [0.29, 0.717) is 6.04 Å². The summed E-state index contributed by atoms with van der Waals surface area (Å²) in [4.78, 5) is 4.69. The van der Waals surface area contributed by atoms with Crippen molar-refractivity contribution >= 4 is 16.5 Å². The van der Waals surface area contributed by atoms with Gasteiger partial charge in [-0.05, 0) is 19.4 Å². The van der Waals surface area contributed by atoms with Crippen molar-refractivity contribution < 1.29 is 4.98 Å². The molecule has 1 aliphatic carbocycles. The van der Waals surface area contributed by atoms with Crippen LogP contribution in [0.4, 0.5) is 5.13 Å². The van der Waals surface area contributed by atoms with Crippen molar-refractivity contribution in [1.29, 1.82) is 0 Å². The van der Waals surface area contributed by atoms with Crippen LogP contribution < -0.4 is 16.0 Å². The monoisotopic (exact) mass is 228 g/mol. The molecule has 0 bridgehead atoms. The quantitative estimate of drug-likeness (QED) is 0.826. The van der Waals surface area contributed by atoms with Crippen LogP contribution in [-0.4, -0.2) is 12.6 Å². The van der Waals surface area contributed by atoms with Crippen LogP contribution in [0, 0.1) is 0 Å². The van der Waals surface area contributed by atoms with Crippen LogP contribution in [0.15, 0.2) is 0 Å². The van der Waals surface area contributed by atoms with Gasteiger partial charge in [-0.3, -0.25) is 5.73 Å². The van der Waals surface area contributed by atoms with Gasteiger partial charge < -0.3 is 5.32 Å². The lowest BCUT2D eigenvalue weighted by Crippen LogP contribution is -2.35. The van der Waals surface area contributed by atoms with Crippen LogP contribution in [0.5, 0.6) is 0 Å². The minimum atomic E-state index is 0. The van der Waals surface area contributed by atoms with Gasteiger partial charge in [-0.15, -0.1) is 0 Å². The van der Waals surface area contributed by atoms with Gasteiger partial charge >= 0.3 is 5.13 Å². The van der Waals surface area contributed by atoms with Crippen molar-refractivity contribution in [2.75, 3.05) is 12.3 Å². The summed E-state index contributed by atoms with van der Waals surface area (Å²) in [6.45, 7) is 3.34. The number of nitrogen functional groups attached to an aromatic ring is 1. The molecule has 86 valence electrons. The van der Waals surface area contributed by atoms with E-state index in [1.54, 1.807) is 11.3 Å². The number of aromatic amines is 1. The summed E-state index contributed by atoms with van der Waals surface area (Å²) in [5, 5.41) is 4.43. The molecule has 3 nitrogen and oxygen atoms in total. The van der Waals surface area contributed by atoms with Crippen molar-refractivity contribution in [2.45, 2.75) is 46.1 Å². The molecule has 0 aromatic carbocycles. The zero-order valence-electron chi connectivity index (χ0n) is 8.60. The van der Waals surface area contributed by atoms with Crippen molar-refractivity contribution in [1.82, 2.24) is 5.32 Å². The van der Waals surface area contributed by atoms with E-state index in [4.69, 9.17) is 5.73 Å². The highest BCUT2D eigenvalue weighted by Crippen LogP contribution is 2.24. The van der Waals surface area contributed by atoms with E-state index in [0.717, 1.165) is 24.5 Å². The molecular weight excluding hydrogens is 206 g/mol. The first-order chi connectivity index (χ1) is 6.79. The average Bonchev–Trinajstić information content (AvgIpc) is 2.54. The fourth-order valence-corrected chi connectivity index (χ4v) is 2.97. The van der Waals surface area contributed by atoms with Crippen molar-refractivity contribution in [3.05, 3.63) is 10.6 Å². The molecule has 2 rings (SSSR count). The molecule has 0 saturated carbocycles. The summed E-state index contributed by atoms with van der Waals surface area (Å²) in [6.07, 6.45) is 4.74. The maximum absolute atomic E-state index is 5.75. The topological polar surface area (TPSA) is 52.2 Å². The van der Waals surface area contributed by atoms with E-state index in [1.807, 2.05) is 0 Å². The minimum Gasteiger partial charge on any atom is -0.314 e. The molecule has 15 heavy (non-hydrogen) atoms. The number of hydrogen-bond acceptors (Lipinski definition) is 3. The van der Waals surface area contributed by atoms with Crippen molar-refractivity contribution in [3.63, 3.8) is 0 Å². The molecule has 0 spiro atoms. The van der Waals surface area contributed by atoms with Crippen LogP contribution in [-0.2, 0) is 12.8 Å². The molecule has 1 aromatic heterocycles. The Hall–Kier alpha value is -0.610. The predicted molar refractivity (Wildman–Crippen MR) is 66.1 cm³/mol. The van der Waals surface area contributed by atoms with Crippen molar-refractivity contribution in [2.24, 2.45) is 0 Å². The Balaban J connectivity index is 0.00000112. The normalized spacial score (nSPS) is 19.4. The van der Waals surface area contributed by atoms with Crippen LogP contribution in [0.2, 0.25) is 0 Å². The Morgan fingerprint density at radius 2 is 2.40 bits per heavy atom.